The van der Waals surface area contributed by atoms with Gasteiger partial charge in [0.1, 0.15) is 0 Å². The van der Waals surface area contributed by atoms with E-state index in [1.807, 2.05) is 6.20 Å². The predicted octanol–water partition coefficient (Wildman–Crippen LogP) is 4.38. The summed E-state index contributed by atoms with van der Waals surface area (Å²) in [6.07, 6.45) is 7.93. The van der Waals surface area contributed by atoms with E-state index >= 15 is 0 Å². The van der Waals surface area contributed by atoms with Gasteiger partial charge in [-0.25, -0.2) is 0 Å². The summed E-state index contributed by atoms with van der Waals surface area (Å²) in [5.41, 5.74) is 2.45. The summed E-state index contributed by atoms with van der Waals surface area (Å²) >= 11 is 1.78. The van der Waals surface area contributed by atoms with Crippen LogP contribution in [0, 0.1) is 17.8 Å². The number of fused-ring (bicyclic) bond motifs is 1. The van der Waals surface area contributed by atoms with Crippen LogP contribution in [-0.4, -0.2) is 11.5 Å². The van der Waals surface area contributed by atoms with Crippen LogP contribution < -0.4 is 5.32 Å². The van der Waals surface area contributed by atoms with Gasteiger partial charge in [-0.05, 0) is 80.0 Å². The smallest absolute Gasteiger partial charge is 0.0809 e. The highest BCUT2D eigenvalue weighted by molar-refractivity contribution is 7.17. The van der Waals surface area contributed by atoms with E-state index in [1.54, 1.807) is 11.3 Å². The molecule has 2 fully saturated rings. The minimum Gasteiger partial charge on any atom is -0.310 e. The Hall–Kier alpha value is -0.930. The summed E-state index contributed by atoms with van der Waals surface area (Å²) < 4.78 is 1.30. The van der Waals surface area contributed by atoms with Crippen LogP contribution in [0.25, 0.3) is 10.2 Å². The van der Waals surface area contributed by atoms with Crippen molar-refractivity contribution >= 4 is 21.6 Å². The van der Waals surface area contributed by atoms with Crippen LogP contribution in [0.2, 0.25) is 0 Å². The second-order valence-corrected chi connectivity index (χ2v) is 7.49. The number of pyridine rings is 1. The fourth-order valence-electron chi connectivity index (χ4n) is 3.30. The summed E-state index contributed by atoms with van der Waals surface area (Å²) in [7, 11) is 0. The quantitative estimate of drug-likeness (QED) is 0.852. The fourth-order valence-corrected chi connectivity index (χ4v) is 4.09. The number of rotatable bonds is 6. The van der Waals surface area contributed by atoms with Crippen LogP contribution in [0.15, 0.2) is 23.7 Å². The number of hydrogen-bond donors (Lipinski definition) is 1. The normalized spacial score (nSPS) is 20.7. The van der Waals surface area contributed by atoms with Crippen LogP contribution >= 0.6 is 11.3 Å². The summed E-state index contributed by atoms with van der Waals surface area (Å²) in [5, 5.41) is 5.88. The fraction of sp³-hybridized carbons (Fsp3) is 0.588. The lowest BCUT2D eigenvalue weighted by Crippen LogP contribution is -2.28. The van der Waals surface area contributed by atoms with Crippen molar-refractivity contribution in [2.45, 2.75) is 38.6 Å². The predicted molar refractivity (Wildman–Crippen MR) is 85.0 cm³/mol. The van der Waals surface area contributed by atoms with Gasteiger partial charge in [-0.2, -0.15) is 0 Å². The lowest BCUT2D eigenvalue weighted by atomic mass is 9.97. The maximum atomic E-state index is 4.55. The van der Waals surface area contributed by atoms with Crippen molar-refractivity contribution in [3.8, 4) is 0 Å². The Bertz CT molecular complexity index is 586. The third kappa shape index (κ3) is 2.61. The molecule has 20 heavy (non-hydrogen) atoms. The number of nitrogens with zero attached hydrogens (tertiary/aromatic N) is 1. The van der Waals surface area contributed by atoms with E-state index in [0.717, 1.165) is 23.3 Å². The van der Waals surface area contributed by atoms with Gasteiger partial charge in [0.2, 0.25) is 0 Å². The summed E-state index contributed by atoms with van der Waals surface area (Å²) in [5.74, 6) is 3.00. The monoisotopic (exact) mass is 286 g/mol. The highest BCUT2D eigenvalue weighted by Crippen LogP contribution is 2.49. The molecular weight excluding hydrogens is 264 g/mol. The second kappa shape index (κ2) is 5.12. The van der Waals surface area contributed by atoms with Crippen LogP contribution in [0.5, 0.6) is 0 Å². The standard InChI is InChI=1S/C17H22N2S/c1-11(14-8-17-16(19-9-14)6-7-20-17)18-10-15(12-2-3-12)13-4-5-13/h6-9,11-13,15,18H,2-5,10H2,1H3. The third-order valence-electron chi connectivity index (χ3n) is 4.94. The molecule has 0 radical (unpaired) electrons. The number of thiophene rings is 1. The highest BCUT2D eigenvalue weighted by Gasteiger charge is 2.41. The lowest BCUT2D eigenvalue weighted by Gasteiger charge is -2.20. The first-order valence-corrected chi connectivity index (χ1v) is 8.76. The molecule has 1 atom stereocenters. The summed E-state index contributed by atoms with van der Waals surface area (Å²) in [4.78, 5) is 4.55. The average molecular weight is 286 g/mol. The first-order chi connectivity index (χ1) is 9.81. The zero-order valence-corrected chi connectivity index (χ0v) is 12.8. The van der Waals surface area contributed by atoms with E-state index in [4.69, 9.17) is 0 Å². The molecule has 0 amide bonds. The Balaban J connectivity index is 1.42. The molecule has 4 rings (SSSR count). The molecule has 2 aromatic heterocycles. The molecule has 1 unspecified atom stereocenters. The molecule has 2 aliphatic rings. The van der Waals surface area contributed by atoms with E-state index in [9.17, 15) is 0 Å². The third-order valence-corrected chi connectivity index (χ3v) is 5.79. The first kappa shape index (κ1) is 12.8. The molecule has 0 saturated heterocycles. The van der Waals surface area contributed by atoms with Gasteiger partial charge in [0.15, 0.2) is 0 Å². The largest absolute Gasteiger partial charge is 0.310 e. The zero-order chi connectivity index (χ0) is 13.5. The molecule has 2 aliphatic carbocycles. The Labute approximate surface area is 124 Å². The molecule has 2 saturated carbocycles. The molecule has 1 N–H and O–H groups in total. The molecule has 0 bridgehead atoms. The van der Waals surface area contributed by atoms with E-state index in [1.165, 1.54) is 42.5 Å². The average Bonchev–Trinajstić information content (AvgIpc) is 3.38. The molecule has 0 spiro atoms. The van der Waals surface area contributed by atoms with Crippen molar-refractivity contribution < 1.29 is 0 Å². The van der Waals surface area contributed by atoms with Crippen molar-refractivity contribution in [3.63, 3.8) is 0 Å². The van der Waals surface area contributed by atoms with E-state index in [0.29, 0.717) is 6.04 Å². The molecular formula is C17H22N2S. The second-order valence-electron chi connectivity index (χ2n) is 6.54. The first-order valence-electron chi connectivity index (χ1n) is 7.88. The molecule has 0 aromatic carbocycles. The highest BCUT2D eigenvalue weighted by atomic mass is 32.1. The van der Waals surface area contributed by atoms with Crippen LogP contribution in [-0.2, 0) is 0 Å². The van der Waals surface area contributed by atoms with Gasteiger partial charge >= 0.3 is 0 Å². The van der Waals surface area contributed by atoms with Crippen molar-refractivity contribution in [1.82, 2.24) is 10.3 Å². The van der Waals surface area contributed by atoms with Gasteiger partial charge < -0.3 is 5.32 Å². The molecule has 2 heterocycles. The van der Waals surface area contributed by atoms with Crippen molar-refractivity contribution in [2.75, 3.05) is 6.54 Å². The maximum absolute atomic E-state index is 4.55. The van der Waals surface area contributed by atoms with Crippen molar-refractivity contribution in [3.05, 3.63) is 29.3 Å². The van der Waals surface area contributed by atoms with E-state index < -0.39 is 0 Å². The molecule has 2 nitrogen and oxygen atoms in total. The molecule has 0 aliphatic heterocycles. The number of nitrogens with one attached hydrogen (secondary N) is 1. The van der Waals surface area contributed by atoms with Gasteiger partial charge in [-0.1, -0.05) is 0 Å². The Morgan fingerprint density at radius 2 is 2.05 bits per heavy atom. The van der Waals surface area contributed by atoms with Crippen LogP contribution in [0.4, 0.5) is 0 Å². The Kier molecular flexibility index (Phi) is 3.27. The number of aromatic nitrogens is 1. The lowest BCUT2D eigenvalue weighted by molar-refractivity contribution is 0.362. The van der Waals surface area contributed by atoms with Crippen molar-refractivity contribution in [2.24, 2.45) is 17.8 Å². The van der Waals surface area contributed by atoms with Gasteiger partial charge in [0, 0.05) is 12.2 Å². The molecule has 2 aromatic rings. The van der Waals surface area contributed by atoms with Gasteiger partial charge in [0.05, 0.1) is 10.2 Å². The Morgan fingerprint density at radius 3 is 2.75 bits per heavy atom. The number of hydrogen-bond acceptors (Lipinski definition) is 3. The van der Waals surface area contributed by atoms with Crippen molar-refractivity contribution in [1.29, 1.82) is 0 Å². The van der Waals surface area contributed by atoms with Crippen LogP contribution in [0.1, 0.15) is 44.2 Å². The van der Waals surface area contributed by atoms with Gasteiger partial charge in [0.25, 0.3) is 0 Å². The van der Waals surface area contributed by atoms with Crippen LogP contribution in [0.3, 0.4) is 0 Å². The molecule has 106 valence electrons. The van der Waals surface area contributed by atoms with E-state index in [-0.39, 0.29) is 0 Å². The SMILES string of the molecule is CC(NCC(C1CC1)C1CC1)c1cnc2ccsc2c1. The topological polar surface area (TPSA) is 24.9 Å². The Morgan fingerprint density at radius 1 is 1.30 bits per heavy atom. The van der Waals surface area contributed by atoms with E-state index in [2.05, 4.69) is 34.7 Å². The zero-order valence-electron chi connectivity index (χ0n) is 12.0. The van der Waals surface area contributed by atoms with Gasteiger partial charge in [-0.15, -0.1) is 11.3 Å². The summed E-state index contributed by atoms with van der Waals surface area (Å²) in [6, 6.07) is 4.81. The minimum atomic E-state index is 0.411. The van der Waals surface area contributed by atoms with Gasteiger partial charge in [-0.3, -0.25) is 4.98 Å². The maximum Gasteiger partial charge on any atom is 0.0809 e. The molecule has 3 heteroatoms. The summed E-state index contributed by atoms with van der Waals surface area (Å²) in [6.45, 7) is 3.46. The minimum absolute atomic E-state index is 0.411.